The molecular weight excluding hydrogens is 618 g/mol. The SMILES string of the molecule is CS(=O)(=O)NC1=CC=C(Cl)CC1C(=O)N1CCCC[C@H]1c1cc2nc(N3CCC3)cc(N3CC(N)C(C(=O)N4CCC4)C3)n2n1. The molecule has 0 aromatic carbocycles. The number of halogens is 1. The Morgan fingerprint density at radius 3 is 2.44 bits per heavy atom. The second-order valence-corrected chi connectivity index (χ2v) is 15.2. The second-order valence-electron chi connectivity index (χ2n) is 12.9. The fraction of sp³-hybridized carbons (Fsp3) is 0.600. The number of carbonyl (C=O) groups is 2. The Bertz CT molecular complexity index is 1680. The largest absolute Gasteiger partial charge is 0.356 e. The molecule has 15 heteroatoms. The lowest BCUT2D eigenvalue weighted by molar-refractivity contribution is -0.139. The maximum atomic E-state index is 14.1. The monoisotopic (exact) mass is 657 g/mol. The van der Waals surface area contributed by atoms with Crippen LogP contribution in [0.5, 0.6) is 0 Å². The minimum atomic E-state index is -3.59. The van der Waals surface area contributed by atoms with Crippen LogP contribution in [-0.2, 0) is 19.6 Å². The third kappa shape index (κ3) is 5.87. The molecule has 4 aliphatic heterocycles. The molecule has 1 aliphatic carbocycles. The summed E-state index contributed by atoms with van der Waals surface area (Å²) in [6, 6.07) is 3.41. The molecule has 3 N–H and O–H groups in total. The van der Waals surface area contributed by atoms with E-state index in [1.54, 1.807) is 12.2 Å². The van der Waals surface area contributed by atoms with Gasteiger partial charge < -0.3 is 25.3 Å². The predicted octanol–water partition coefficient (Wildman–Crippen LogP) is 1.56. The minimum absolute atomic E-state index is 0.124. The standard InChI is InChI=1S/C30H40ClN9O4S/c1-45(43,44)35-23-8-7-19(31)14-20(23)30(42)39-13-3-2-6-25(39)24-15-27-33-26(36-9-4-10-36)16-28(40(27)34-24)38-17-21(22(32)18-38)29(41)37-11-5-12-37/h7-8,15-16,20-22,25,35H,2-6,9-14,17-18,32H2,1H3/t20?,21?,22?,25-/m0/s1. The van der Waals surface area contributed by atoms with Crippen LogP contribution < -0.4 is 20.3 Å². The number of allylic oxidation sites excluding steroid dienone is 3. The number of carbonyl (C=O) groups excluding carboxylic acids is 2. The van der Waals surface area contributed by atoms with E-state index >= 15 is 0 Å². The molecule has 0 bridgehead atoms. The Hall–Kier alpha value is -3.36. The molecule has 0 saturated carbocycles. The van der Waals surface area contributed by atoms with E-state index in [1.807, 2.05) is 26.4 Å². The summed E-state index contributed by atoms with van der Waals surface area (Å²) in [7, 11) is -3.59. The van der Waals surface area contributed by atoms with E-state index in [0.717, 1.165) is 81.9 Å². The highest BCUT2D eigenvalue weighted by atomic mass is 35.5. The molecule has 5 aliphatic rings. The zero-order chi connectivity index (χ0) is 31.5. The number of nitrogens with one attached hydrogen (secondary N) is 1. The second kappa shape index (κ2) is 11.8. The number of fused-ring (bicyclic) bond motifs is 1. The van der Waals surface area contributed by atoms with E-state index in [2.05, 4.69) is 14.5 Å². The normalized spacial score (nSPS) is 27.2. The molecule has 4 saturated heterocycles. The zero-order valence-corrected chi connectivity index (χ0v) is 27.0. The van der Waals surface area contributed by atoms with Crippen LogP contribution >= 0.6 is 11.6 Å². The molecule has 4 fully saturated rings. The van der Waals surface area contributed by atoms with Crippen molar-refractivity contribution in [1.29, 1.82) is 0 Å². The van der Waals surface area contributed by atoms with Crippen LogP contribution in [0.4, 0.5) is 11.6 Å². The number of nitrogens with zero attached hydrogens (tertiary/aromatic N) is 7. The van der Waals surface area contributed by atoms with E-state index in [4.69, 9.17) is 27.4 Å². The van der Waals surface area contributed by atoms with Gasteiger partial charge in [0.05, 0.1) is 29.8 Å². The van der Waals surface area contributed by atoms with Crippen LogP contribution in [0, 0.1) is 11.8 Å². The van der Waals surface area contributed by atoms with E-state index in [9.17, 15) is 18.0 Å². The van der Waals surface area contributed by atoms with Crippen LogP contribution in [-0.4, -0.2) is 103 Å². The van der Waals surface area contributed by atoms with Gasteiger partial charge in [0, 0.05) is 81.1 Å². The first-order chi connectivity index (χ1) is 21.6. The number of likely N-dealkylation sites (tertiary alicyclic amines) is 2. The van der Waals surface area contributed by atoms with Crippen molar-refractivity contribution < 1.29 is 18.0 Å². The average molecular weight is 658 g/mol. The summed E-state index contributed by atoms with van der Waals surface area (Å²) in [6.07, 6.45) is 9.14. The van der Waals surface area contributed by atoms with Crippen molar-refractivity contribution >= 4 is 50.7 Å². The van der Waals surface area contributed by atoms with Crippen LogP contribution in [0.1, 0.15) is 50.3 Å². The molecule has 13 nitrogen and oxygen atoms in total. The smallest absolute Gasteiger partial charge is 0.232 e. The number of hydrogen-bond donors (Lipinski definition) is 2. The first-order valence-corrected chi connectivity index (χ1v) is 18.1. The molecule has 7 rings (SSSR count). The minimum Gasteiger partial charge on any atom is -0.356 e. The lowest BCUT2D eigenvalue weighted by atomic mass is 9.92. The molecular formula is C30H40ClN9O4S. The van der Waals surface area contributed by atoms with Gasteiger partial charge in [-0.3, -0.25) is 14.3 Å². The summed E-state index contributed by atoms with van der Waals surface area (Å²) in [5.41, 5.74) is 8.29. The quantitative estimate of drug-likeness (QED) is 0.452. The van der Waals surface area contributed by atoms with Crippen molar-refractivity contribution in [2.24, 2.45) is 17.6 Å². The van der Waals surface area contributed by atoms with Gasteiger partial charge in [-0.15, -0.1) is 0 Å². The molecule has 0 spiro atoms. The molecule has 6 heterocycles. The van der Waals surface area contributed by atoms with Crippen molar-refractivity contribution in [2.75, 3.05) is 61.9 Å². The van der Waals surface area contributed by atoms with Gasteiger partial charge in [-0.2, -0.15) is 9.61 Å². The lowest BCUT2D eigenvalue weighted by Crippen LogP contribution is -2.49. The highest BCUT2D eigenvalue weighted by Gasteiger charge is 2.41. The Morgan fingerprint density at radius 2 is 1.76 bits per heavy atom. The third-order valence-electron chi connectivity index (χ3n) is 9.71. The summed E-state index contributed by atoms with van der Waals surface area (Å²) < 4.78 is 28.5. The fourth-order valence-corrected chi connectivity index (χ4v) is 7.88. The van der Waals surface area contributed by atoms with Gasteiger partial charge in [0.2, 0.25) is 21.8 Å². The Labute approximate surface area is 268 Å². The molecule has 0 radical (unpaired) electrons. The van der Waals surface area contributed by atoms with Crippen molar-refractivity contribution in [3.05, 3.63) is 40.7 Å². The number of amides is 2. The van der Waals surface area contributed by atoms with Crippen LogP contribution in [0.25, 0.3) is 5.65 Å². The van der Waals surface area contributed by atoms with Crippen molar-refractivity contribution in [3.8, 4) is 0 Å². The van der Waals surface area contributed by atoms with Crippen molar-refractivity contribution in [3.63, 3.8) is 0 Å². The lowest BCUT2D eigenvalue weighted by Gasteiger charge is -2.38. The number of sulfonamides is 1. The predicted molar refractivity (Wildman–Crippen MR) is 171 cm³/mol. The van der Waals surface area contributed by atoms with Crippen LogP contribution in [0.15, 0.2) is 35.0 Å². The molecule has 2 amide bonds. The summed E-state index contributed by atoms with van der Waals surface area (Å²) in [6.45, 7) is 5.03. The molecule has 3 unspecified atom stereocenters. The van der Waals surface area contributed by atoms with Gasteiger partial charge in [-0.25, -0.2) is 13.4 Å². The number of anilines is 2. The van der Waals surface area contributed by atoms with Gasteiger partial charge in [0.1, 0.15) is 11.6 Å². The number of aromatic nitrogens is 3. The molecule has 2 aromatic heterocycles. The van der Waals surface area contributed by atoms with Crippen LogP contribution in [0.3, 0.4) is 0 Å². The Kier molecular flexibility index (Phi) is 7.93. The fourth-order valence-electron chi connectivity index (χ4n) is 7.02. The summed E-state index contributed by atoms with van der Waals surface area (Å²) in [5, 5.41) is 5.55. The van der Waals surface area contributed by atoms with Crippen molar-refractivity contribution in [1.82, 2.24) is 29.1 Å². The maximum absolute atomic E-state index is 14.1. The number of piperidine rings is 1. The highest BCUT2D eigenvalue weighted by Crippen LogP contribution is 2.37. The molecule has 45 heavy (non-hydrogen) atoms. The summed E-state index contributed by atoms with van der Waals surface area (Å²) in [4.78, 5) is 40.4. The Balaban J connectivity index is 1.21. The number of rotatable bonds is 7. The molecule has 2 aromatic rings. The molecule has 4 atom stereocenters. The van der Waals surface area contributed by atoms with Gasteiger partial charge in [-0.05, 0) is 44.3 Å². The zero-order valence-electron chi connectivity index (χ0n) is 25.4. The highest BCUT2D eigenvalue weighted by molar-refractivity contribution is 7.88. The van der Waals surface area contributed by atoms with E-state index in [0.29, 0.717) is 36.0 Å². The summed E-state index contributed by atoms with van der Waals surface area (Å²) >= 11 is 6.35. The molecule has 242 valence electrons. The first kappa shape index (κ1) is 30.3. The number of nitrogens with two attached hydrogens (primary N) is 1. The van der Waals surface area contributed by atoms with Crippen LogP contribution in [0.2, 0.25) is 0 Å². The third-order valence-corrected chi connectivity index (χ3v) is 10.6. The van der Waals surface area contributed by atoms with Gasteiger partial charge in [0.15, 0.2) is 5.65 Å². The average Bonchev–Trinajstić information content (AvgIpc) is 3.54. The van der Waals surface area contributed by atoms with E-state index < -0.39 is 15.9 Å². The van der Waals surface area contributed by atoms with Gasteiger partial charge in [0.25, 0.3) is 0 Å². The summed E-state index contributed by atoms with van der Waals surface area (Å²) in [5.74, 6) is 0.623. The Morgan fingerprint density at radius 1 is 0.978 bits per heavy atom. The van der Waals surface area contributed by atoms with Gasteiger partial charge >= 0.3 is 0 Å². The maximum Gasteiger partial charge on any atom is 0.232 e. The van der Waals surface area contributed by atoms with Crippen molar-refractivity contribution in [2.45, 2.75) is 50.6 Å². The van der Waals surface area contributed by atoms with E-state index in [1.165, 1.54) is 0 Å². The number of hydrogen-bond acceptors (Lipinski definition) is 9. The topological polar surface area (TPSA) is 149 Å². The van der Waals surface area contributed by atoms with Gasteiger partial charge in [-0.1, -0.05) is 11.6 Å². The first-order valence-electron chi connectivity index (χ1n) is 15.9. The van der Waals surface area contributed by atoms with E-state index in [-0.39, 0.29) is 36.2 Å².